The van der Waals surface area contributed by atoms with E-state index >= 15 is 0 Å². The summed E-state index contributed by atoms with van der Waals surface area (Å²) in [6, 6.07) is 5.18. The van der Waals surface area contributed by atoms with Crippen LogP contribution in [0.5, 0.6) is 0 Å². The van der Waals surface area contributed by atoms with E-state index in [1.54, 1.807) is 24.4 Å². The fourth-order valence-electron chi connectivity index (χ4n) is 2.43. The van der Waals surface area contributed by atoms with Crippen molar-refractivity contribution in [3.05, 3.63) is 29.5 Å². The van der Waals surface area contributed by atoms with Crippen LogP contribution in [0.15, 0.2) is 29.4 Å². The van der Waals surface area contributed by atoms with Crippen LogP contribution in [-0.2, 0) is 10.0 Å². The van der Waals surface area contributed by atoms with Crippen molar-refractivity contribution in [3.8, 4) is 0 Å². The first-order chi connectivity index (χ1) is 9.97. The number of hydrogen-bond donors (Lipinski definition) is 2. The monoisotopic (exact) mass is 329 g/mol. The predicted molar refractivity (Wildman–Crippen MR) is 78.8 cm³/mol. The van der Waals surface area contributed by atoms with Gasteiger partial charge in [0.1, 0.15) is 5.65 Å². The summed E-state index contributed by atoms with van der Waals surface area (Å²) in [6.07, 6.45) is 4.08. The molecule has 1 aliphatic rings. The summed E-state index contributed by atoms with van der Waals surface area (Å²) >= 11 is 5.99. The Morgan fingerprint density at radius 3 is 2.86 bits per heavy atom. The fourth-order valence-corrected chi connectivity index (χ4v) is 4.23. The molecule has 0 aromatic carbocycles. The zero-order valence-electron chi connectivity index (χ0n) is 11.3. The summed E-state index contributed by atoms with van der Waals surface area (Å²) in [4.78, 5) is 4.05. The highest BCUT2D eigenvalue weighted by Crippen LogP contribution is 2.48. The maximum Gasteiger partial charge on any atom is 0.259 e. The molecule has 2 N–H and O–H groups in total. The second kappa shape index (κ2) is 5.24. The van der Waals surface area contributed by atoms with Crippen LogP contribution in [0.25, 0.3) is 5.65 Å². The lowest BCUT2D eigenvalue weighted by Gasteiger charge is -2.14. The molecule has 3 rings (SSSR count). The average molecular weight is 330 g/mol. The first kappa shape index (κ1) is 14.8. The standard InChI is InChI=1S/C13H16ClN3O3S/c14-11-12(17-7-2-1-3-10(17)16-11)21(19,20)15-9-13(4-5-13)6-8-18/h1-3,7,15,18H,4-6,8-9H2. The number of aliphatic hydroxyl groups is 1. The van der Waals surface area contributed by atoms with E-state index in [9.17, 15) is 8.42 Å². The molecule has 0 amide bonds. The van der Waals surface area contributed by atoms with Gasteiger partial charge in [-0.05, 0) is 36.8 Å². The molecule has 21 heavy (non-hydrogen) atoms. The Hall–Kier alpha value is -1.15. The van der Waals surface area contributed by atoms with Crippen molar-refractivity contribution in [1.82, 2.24) is 14.1 Å². The number of hydrogen-bond acceptors (Lipinski definition) is 4. The zero-order valence-corrected chi connectivity index (χ0v) is 12.9. The van der Waals surface area contributed by atoms with Crippen molar-refractivity contribution in [2.24, 2.45) is 5.41 Å². The number of sulfonamides is 1. The number of nitrogens with one attached hydrogen (secondary N) is 1. The minimum atomic E-state index is -3.75. The van der Waals surface area contributed by atoms with Gasteiger partial charge in [0.15, 0.2) is 10.2 Å². The third-order valence-corrected chi connectivity index (χ3v) is 5.74. The third-order valence-electron chi connectivity index (χ3n) is 3.94. The molecule has 0 unspecified atom stereocenters. The van der Waals surface area contributed by atoms with Gasteiger partial charge in [0, 0.05) is 19.3 Å². The molecule has 1 aliphatic carbocycles. The summed E-state index contributed by atoms with van der Waals surface area (Å²) in [6.45, 7) is 0.379. The van der Waals surface area contributed by atoms with Crippen LogP contribution >= 0.6 is 11.6 Å². The Balaban J connectivity index is 1.88. The van der Waals surface area contributed by atoms with Crippen LogP contribution in [0.2, 0.25) is 5.15 Å². The molecule has 0 bridgehead atoms. The highest BCUT2D eigenvalue weighted by molar-refractivity contribution is 7.89. The summed E-state index contributed by atoms with van der Waals surface area (Å²) in [5.41, 5.74) is 0.383. The maximum absolute atomic E-state index is 12.5. The second-order valence-electron chi connectivity index (χ2n) is 5.43. The summed E-state index contributed by atoms with van der Waals surface area (Å²) < 4.78 is 29.0. The minimum Gasteiger partial charge on any atom is -0.396 e. The summed E-state index contributed by atoms with van der Waals surface area (Å²) in [5, 5.41) is 8.95. The summed E-state index contributed by atoms with van der Waals surface area (Å²) in [5.74, 6) is 0. The van der Waals surface area contributed by atoms with Gasteiger partial charge in [-0.2, -0.15) is 0 Å². The molecule has 0 saturated heterocycles. The maximum atomic E-state index is 12.5. The number of rotatable bonds is 6. The van der Waals surface area contributed by atoms with E-state index in [4.69, 9.17) is 16.7 Å². The van der Waals surface area contributed by atoms with E-state index < -0.39 is 10.0 Å². The highest BCUT2D eigenvalue weighted by Gasteiger charge is 2.42. The van der Waals surface area contributed by atoms with E-state index in [0.29, 0.717) is 18.6 Å². The van der Waals surface area contributed by atoms with E-state index in [2.05, 4.69) is 9.71 Å². The quantitative estimate of drug-likeness (QED) is 0.839. The largest absolute Gasteiger partial charge is 0.396 e. The molecule has 1 saturated carbocycles. The molecule has 8 heteroatoms. The first-order valence-corrected chi connectivity index (χ1v) is 8.57. The van der Waals surface area contributed by atoms with E-state index in [-0.39, 0.29) is 22.2 Å². The Kier molecular flexibility index (Phi) is 3.69. The number of fused-ring (bicyclic) bond motifs is 1. The van der Waals surface area contributed by atoms with Crippen LogP contribution < -0.4 is 4.72 Å². The van der Waals surface area contributed by atoms with Crippen LogP contribution in [0.1, 0.15) is 19.3 Å². The van der Waals surface area contributed by atoms with Crippen molar-refractivity contribution in [2.75, 3.05) is 13.2 Å². The van der Waals surface area contributed by atoms with Crippen molar-refractivity contribution < 1.29 is 13.5 Å². The van der Waals surface area contributed by atoms with Gasteiger partial charge in [-0.3, -0.25) is 4.40 Å². The Morgan fingerprint density at radius 2 is 2.19 bits per heavy atom. The zero-order chi connectivity index (χ0) is 15.1. The number of pyridine rings is 1. The first-order valence-electron chi connectivity index (χ1n) is 6.71. The highest BCUT2D eigenvalue weighted by atomic mass is 35.5. The predicted octanol–water partition coefficient (Wildman–Crippen LogP) is 1.43. The van der Waals surface area contributed by atoms with Crippen molar-refractivity contribution in [2.45, 2.75) is 24.3 Å². The topological polar surface area (TPSA) is 83.7 Å². The van der Waals surface area contributed by atoms with E-state index in [1.165, 1.54) is 4.40 Å². The molecule has 0 spiro atoms. The van der Waals surface area contributed by atoms with Gasteiger partial charge in [-0.1, -0.05) is 17.7 Å². The Labute approximate surface area is 127 Å². The number of aromatic nitrogens is 2. The van der Waals surface area contributed by atoms with Gasteiger partial charge >= 0.3 is 0 Å². The van der Waals surface area contributed by atoms with Gasteiger partial charge in [-0.25, -0.2) is 18.1 Å². The lowest BCUT2D eigenvalue weighted by Crippen LogP contribution is -2.31. The van der Waals surface area contributed by atoms with Crippen molar-refractivity contribution in [1.29, 1.82) is 0 Å². The Morgan fingerprint density at radius 1 is 1.43 bits per heavy atom. The smallest absolute Gasteiger partial charge is 0.259 e. The minimum absolute atomic E-state index is 0.0410. The molecular formula is C13H16ClN3O3S. The lowest BCUT2D eigenvalue weighted by molar-refractivity contribution is 0.249. The second-order valence-corrected chi connectivity index (χ2v) is 7.48. The molecule has 2 aromatic rings. The average Bonchev–Trinajstić information content (AvgIpc) is 3.11. The lowest BCUT2D eigenvalue weighted by atomic mass is 10.0. The number of nitrogens with zero attached hydrogens (tertiary/aromatic N) is 2. The van der Waals surface area contributed by atoms with Gasteiger partial charge < -0.3 is 5.11 Å². The van der Waals surface area contributed by atoms with Gasteiger partial charge in [0.05, 0.1) is 0 Å². The molecule has 0 aliphatic heterocycles. The number of halogens is 1. The van der Waals surface area contributed by atoms with Crippen LogP contribution in [0, 0.1) is 5.41 Å². The van der Waals surface area contributed by atoms with Crippen molar-refractivity contribution >= 4 is 27.3 Å². The van der Waals surface area contributed by atoms with Gasteiger partial charge in [-0.15, -0.1) is 0 Å². The van der Waals surface area contributed by atoms with Crippen molar-refractivity contribution in [3.63, 3.8) is 0 Å². The number of imidazole rings is 1. The molecule has 0 radical (unpaired) electrons. The molecule has 2 heterocycles. The molecule has 0 atom stereocenters. The van der Waals surface area contributed by atoms with Gasteiger partial charge in [0.2, 0.25) is 0 Å². The molecule has 6 nitrogen and oxygen atoms in total. The van der Waals surface area contributed by atoms with E-state index in [1.807, 2.05) is 0 Å². The fraction of sp³-hybridized carbons (Fsp3) is 0.462. The van der Waals surface area contributed by atoms with Crippen LogP contribution in [0.3, 0.4) is 0 Å². The summed E-state index contributed by atoms with van der Waals surface area (Å²) in [7, 11) is -3.75. The van der Waals surface area contributed by atoms with Gasteiger partial charge in [0.25, 0.3) is 10.0 Å². The molecular weight excluding hydrogens is 314 g/mol. The van der Waals surface area contributed by atoms with Crippen LogP contribution in [0.4, 0.5) is 0 Å². The Bertz CT molecular complexity index is 768. The van der Waals surface area contributed by atoms with E-state index in [0.717, 1.165) is 12.8 Å². The molecule has 114 valence electrons. The molecule has 2 aromatic heterocycles. The number of aliphatic hydroxyl groups excluding tert-OH is 1. The SMILES string of the molecule is O=S(=O)(NCC1(CCO)CC1)c1c(Cl)nc2ccccn12. The molecule has 1 fully saturated rings. The van der Waals surface area contributed by atoms with Crippen LogP contribution in [-0.4, -0.2) is 36.1 Å². The third kappa shape index (κ3) is 2.78. The normalized spacial score (nSPS) is 17.2.